The normalized spacial score (nSPS) is 16.8. The molecule has 1 aliphatic heterocycles. The van der Waals surface area contributed by atoms with Crippen LogP contribution in [0.5, 0.6) is 5.75 Å². The van der Waals surface area contributed by atoms with Gasteiger partial charge in [0, 0.05) is 32.7 Å². The molecule has 1 fully saturated rings. The number of nitrogens with zero attached hydrogens (tertiary/aromatic N) is 1. The molecule has 2 aromatic carbocycles. The van der Waals surface area contributed by atoms with Crippen LogP contribution < -0.4 is 10.1 Å². The van der Waals surface area contributed by atoms with Crippen LogP contribution in [-0.2, 0) is 6.61 Å². The van der Waals surface area contributed by atoms with Crippen molar-refractivity contribution in [1.82, 2.24) is 10.2 Å². The van der Waals surface area contributed by atoms with Gasteiger partial charge in [-0.1, -0.05) is 36.4 Å². The number of piperazine rings is 1. The summed E-state index contributed by atoms with van der Waals surface area (Å²) >= 11 is 0. The predicted octanol–water partition coefficient (Wildman–Crippen LogP) is 2.34. The van der Waals surface area contributed by atoms with Crippen LogP contribution in [0.3, 0.4) is 0 Å². The van der Waals surface area contributed by atoms with E-state index in [1.54, 1.807) is 12.1 Å². The van der Waals surface area contributed by atoms with E-state index in [0.717, 1.165) is 31.7 Å². The number of aliphatic hydroxyl groups excluding tert-OH is 1. The first-order valence-corrected chi connectivity index (χ1v) is 8.29. The van der Waals surface area contributed by atoms with Crippen molar-refractivity contribution < 1.29 is 14.2 Å². The molecule has 0 amide bonds. The summed E-state index contributed by atoms with van der Waals surface area (Å²) in [6.45, 7) is 4.49. The number of aliphatic hydroxyl groups is 1. The number of ether oxygens (including phenoxy) is 1. The smallest absolute Gasteiger partial charge is 0.165 e. The topological polar surface area (TPSA) is 44.7 Å². The molecule has 4 nitrogen and oxygen atoms in total. The van der Waals surface area contributed by atoms with E-state index >= 15 is 0 Å². The summed E-state index contributed by atoms with van der Waals surface area (Å²) in [5.74, 6) is -0.236. The van der Waals surface area contributed by atoms with Crippen LogP contribution in [0.1, 0.15) is 17.2 Å². The molecule has 1 atom stereocenters. The Morgan fingerprint density at radius 3 is 2.58 bits per heavy atom. The van der Waals surface area contributed by atoms with Crippen LogP contribution in [0.25, 0.3) is 0 Å². The van der Waals surface area contributed by atoms with Gasteiger partial charge in [0.2, 0.25) is 0 Å². The van der Waals surface area contributed by atoms with E-state index in [9.17, 15) is 9.50 Å². The molecule has 0 saturated carbocycles. The van der Waals surface area contributed by atoms with Crippen molar-refractivity contribution in [3.05, 3.63) is 65.5 Å². The monoisotopic (exact) mass is 330 g/mol. The summed E-state index contributed by atoms with van der Waals surface area (Å²) in [5, 5.41) is 13.6. The number of benzene rings is 2. The van der Waals surface area contributed by atoms with Gasteiger partial charge in [-0.15, -0.1) is 0 Å². The number of hydrogen-bond donors (Lipinski definition) is 2. The molecule has 1 aliphatic rings. The van der Waals surface area contributed by atoms with Crippen LogP contribution in [0.4, 0.5) is 4.39 Å². The molecule has 5 heteroatoms. The Hall–Kier alpha value is -1.95. The van der Waals surface area contributed by atoms with Crippen LogP contribution in [0.15, 0.2) is 48.5 Å². The summed E-state index contributed by atoms with van der Waals surface area (Å²) in [6.07, 6.45) is -0.694. The lowest BCUT2D eigenvalue weighted by atomic mass is 10.1. The number of rotatable bonds is 6. The molecule has 1 heterocycles. The predicted molar refractivity (Wildman–Crippen MR) is 91.4 cm³/mol. The van der Waals surface area contributed by atoms with E-state index in [1.807, 2.05) is 30.3 Å². The Kier molecular flexibility index (Phi) is 5.80. The van der Waals surface area contributed by atoms with Crippen molar-refractivity contribution in [1.29, 1.82) is 0 Å². The molecule has 128 valence electrons. The molecule has 0 aliphatic carbocycles. The van der Waals surface area contributed by atoms with Gasteiger partial charge in [0.25, 0.3) is 0 Å². The third-order valence-corrected chi connectivity index (χ3v) is 4.22. The summed E-state index contributed by atoms with van der Waals surface area (Å²) in [7, 11) is 0. The fourth-order valence-corrected chi connectivity index (χ4v) is 2.82. The standard InChI is InChI=1S/C19H23FN2O2/c20-17-12-16(18(23)13-22-10-8-21-9-11-22)6-7-19(17)24-14-15-4-2-1-3-5-15/h1-7,12,18,21,23H,8-11,13-14H2. The minimum atomic E-state index is -0.694. The fourth-order valence-electron chi connectivity index (χ4n) is 2.82. The number of hydrogen-bond acceptors (Lipinski definition) is 4. The maximum Gasteiger partial charge on any atom is 0.165 e. The van der Waals surface area contributed by atoms with Crippen LogP contribution >= 0.6 is 0 Å². The zero-order valence-corrected chi connectivity index (χ0v) is 13.6. The second-order valence-electron chi connectivity index (χ2n) is 6.03. The molecule has 3 rings (SSSR count). The SMILES string of the molecule is OC(CN1CCNCC1)c1ccc(OCc2ccccc2)c(F)c1. The average molecular weight is 330 g/mol. The van der Waals surface area contributed by atoms with Crippen LogP contribution in [0.2, 0.25) is 0 Å². The first-order chi connectivity index (χ1) is 11.7. The van der Waals surface area contributed by atoms with E-state index in [4.69, 9.17) is 4.74 Å². The molecular weight excluding hydrogens is 307 g/mol. The van der Waals surface area contributed by atoms with Gasteiger partial charge in [0.15, 0.2) is 11.6 Å². The summed E-state index contributed by atoms with van der Waals surface area (Å²) < 4.78 is 19.8. The van der Waals surface area contributed by atoms with Crippen LogP contribution in [0, 0.1) is 5.82 Å². The minimum Gasteiger partial charge on any atom is -0.486 e. The van der Waals surface area contributed by atoms with Crippen molar-refractivity contribution >= 4 is 0 Å². The fraction of sp³-hybridized carbons (Fsp3) is 0.368. The first-order valence-electron chi connectivity index (χ1n) is 8.29. The van der Waals surface area contributed by atoms with E-state index in [2.05, 4.69) is 10.2 Å². The second kappa shape index (κ2) is 8.24. The highest BCUT2D eigenvalue weighted by Crippen LogP contribution is 2.23. The molecule has 2 aromatic rings. The Bertz CT molecular complexity index is 645. The number of nitrogens with one attached hydrogen (secondary N) is 1. The molecule has 0 aromatic heterocycles. The zero-order chi connectivity index (χ0) is 16.8. The maximum absolute atomic E-state index is 14.2. The third kappa shape index (κ3) is 4.54. The number of β-amino-alcohol motifs (C(OH)–C–C–N with tert-alkyl or cyclic N) is 1. The lowest BCUT2D eigenvalue weighted by Crippen LogP contribution is -2.44. The highest BCUT2D eigenvalue weighted by atomic mass is 19.1. The van der Waals surface area contributed by atoms with Gasteiger partial charge >= 0.3 is 0 Å². The van der Waals surface area contributed by atoms with Crippen molar-refractivity contribution in [2.75, 3.05) is 32.7 Å². The Morgan fingerprint density at radius 2 is 1.88 bits per heavy atom. The van der Waals surface area contributed by atoms with E-state index in [-0.39, 0.29) is 5.75 Å². The van der Waals surface area contributed by atoms with E-state index < -0.39 is 11.9 Å². The van der Waals surface area contributed by atoms with Crippen molar-refractivity contribution in [3.8, 4) is 5.75 Å². The highest BCUT2D eigenvalue weighted by molar-refractivity contribution is 5.31. The van der Waals surface area contributed by atoms with Gasteiger partial charge in [0.05, 0.1) is 6.10 Å². The van der Waals surface area contributed by atoms with E-state index in [0.29, 0.717) is 18.7 Å². The second-order valence-corrected chi connectivity index (χ2v) is 6.03. The van der Waals surface area contributed by atoms with Gasteiger partial charge in [-0.2, -0.15) is 0 Å². The van der Waals surface area contributed by atoms with Gasteiger partial charge in [-0.05, 0) is 23.3 Å². The first kappa shape index (κ1) is 16.9. The Morgan fingerprint density at radius 1 is 1.12 bits per heavy atom. The van der Waals surface area contributed by atoms with Gasteiger partial charge < -0.3 is 15.2 Å². The van der Waals surface area contributed by atoms with Crippen molar-refractivity contribution in [2.24, 2.45) is 0 Å². The lowest BCUT2D eigenvalue weighted by Gasteiger charge is -2.29. The Labute approximate surface area is 141 Å². The summed E-state index contributed by atoms with van der Waals surface area (Å²) in [5.41, 5.74) is 1.57. The largest absolute Gasteiger partial charge is 0.486 e. The molecule has 1 unspecified atom stereocenters. The van der Waals surface area contributed by atoms with Crippen LogP contribution in [-0.4, -0.2) is 42.7 Å². The molecule has 0 bridgehead atoms. The highest BCUT2D eigenvalue weighted by Gasteiger charge is 2.17. The number of halogens is 1. The molecule has 2 N–H and O–H groups in total. The zero-order valence-electron chi connectivity index (χ0n) is 13.6. The lowest BCUT2D eigenvalue weighted by molar-refractivity contribution is 0.105. The quantitative estimate of drug-likeness (QED) is 0.853. The maximum atomic E-state index is 14.2. The molecular formula is C19H23FN2O2. The van der Waals surface area contributed by atoms with E-state index in [1.165, 1.54) is 6.07 Å². The van der Waals surface area contributed by atoms with Gasteiger partial charge in [-0.3, -0.25) is 4.90 Å². The van der Waals surface area contributed by atoms with Gasteiger partial charge in [0.1, 0.15) is 6.61 Å². The average Bonchev–Trinajstić information content (AvgIpc) is 2.62. The molecule has 24 heavy (non-hydrogen) atoms. The summed E-state index contributed by atoms with van der Waals surface area (Å²) in [6, 6.07) is 14.3. The van der Waals surface area contributed by atoms with Gasteiger partial charge in [-0.25, -0.2) is 4.39 Å². The molecule has 1 saturated heterocycles. The summed E-state index contributed by atoms with van der Waals surface area (Å²) in [4.78, 5) is 2.18. The van der Waals surface area contributed by atoms with Crippen molar-refractivity contribution in [2.45, 2.75) is 12.7 Å². The molecule has 0 spiro atoms. The van der Waals surface area contributed by atoms with Crippen molar-refractivity contribution in [3.63, 3.8) is 0 Å². The Balaban J connectivity index is 1.59. The molecule has 0 radical (unpaired) electrons. The third-order valence-electron chi connectivity index (χ3n) is 4.22. The minimum absolute atomic E-state index is 0.206.